The number of fused-ring (bicyclic) bond motifs is 40. The average Bonchev–Trinajstić information content (AvgIpc) is 1.57. The SMILES string of the molecule is NCCCCOc1cc2c(cc1OCCCCN)-c1nc-2nc2[n-]c(nc3nc(nc4[n-]c(n1)c1cc(OCCCCN)c(OCCCCN)cc41)-c1cc(OCCCCN)c(OCCCCN)cc1-3)c1cc(OCCCCN)c(OCCCCN)cc21.NCCOc1ccc2c(c1)-c1nc-2nc2[n-]c(nc3nc(nc4[n-]c(n1)c1ccc(OCCN)cc41)-c1ccc(OCCN)cc1-3)c1ccc(OCCN)cc21.[Cu+2].[Cu+2]. The molecule has 18 rings (SSSR count). The van der Waals surface area contributed by atoms with Crippen LogP contribution in [-0.4, -0.2) is 218 Å². The van der Waals surface area contributed by atoms with Crippen LogP contribution in [0.2, 0.25) is 0 Å². The van der Waals surface area contributed by atoms with E-state index in [1.165, 1.54) is 0 Å². The normalized spacial score (nSPS) is 11.6. The fourth-order valence-electron chi connectivity index (χ4n) is 16.7. The molecule has 40 nitrogen and oxygen atoms in total. The summed E-state index contributed by atoms with van der Waals surface area (Å²) in [6.07, 6.45) is 12.1. The molecular weight excluding hydrogens is 1960 g/mol. The Labute approximate surface area is 864 Å². The van der Waals surface area contributed by atoms with Crippen molar-refractivity contribution >= 4 is 88.3 Å². The Balaban J connectivity index is 0.000000237. The molecule has 4 aliphatic heterocycles. The van der Waals surface area contributed by atoms with Gasteiger partial charge in [0.05, 0.1) is 99.5 Å². The molecular formula is C104H124Cu2N28O12. The third-order valence-corrected chi connectivity index (χ3v) is 23.9. The van der Waals surface area contributed by atoms with Gasteiger partial charge in [-0.2, -0.15) is 0 Å². The number of rotatable bonds is 52. The number of unbranched alkanes of at least 4 members (excludes halogenated alkanes) is 8. The van der Waals surface area contributed by atoms with E-state index < -0.39 is 0 Å². The summed E-state index contributed by atoms with van der Waals surface area (Å²) >= 11 is 0. The van der Waals surface area contributed by atoms with Gasteiger partial charge in [-0.1, -0.05) is 0 Å². The van der Waals surface area contributed by atoms with Gasteiger partial charge in [0.15, 0.2) is 46.0 Å². The fourth-order valence-corrected chi connectivity index (χ4v) is 16.7. The van der Waals surface area contributed by atoms with Gasteiger partial charge < -0.3 is 185 Å². The van der Waals surface area contributed by atoms with Crippen LogP contribution < -0.4 is 146 Å². The molecule has 6 aromatic heterocycles. The zero-order valence-electron chi connectivity index (χ0n) is 81.4. The second-order valence-corrected chi connectivity index (χ2v) is 34.5. The Bertz CT molecular complexity index is 6580. The number of nitrogens with two attached hydrogens (primary N) is 12. The summed E-state index contributed by atoms with van der Waals surface area (Å²) in [6, 6.07) is 37.7. The molecule has 0 unspecified atom stereocenters. The molecule has 0 amide bonds. The van der Waals surface area contributed by atoms with Crippen LogP contribution in [0.4, 0.5) is 0 Å². The van der Waals surface area contributed by atoms with Gasteiger partial charge in [-0.25, -0.2) is 19.9 Å². The van der Waals surface area contributed by atoms with Crippen LogP contribution in [-0.2, 0) is 34.1 Å². The van der Waals surface area contributed by atoms with Gasteiger partial charge in [-0.3, -0.25) is 0 Å². The van der Waals surface area contributed by atoms with Gasteiger partial charge >= 0.3 is 34.1 Å². The molecule has 10 heterocycles. The maximum Gasteiger partial charge on any atom is 2.00 e. The van der Waals surface area contributed by atoms with E-state index >= 15 is 0 Å². The predicted molar refractivity (Wildman–Crippen MR) is 556 cm³/mol. The van der Waals surface area contributed by atoms with Gasteiger partial charge in [-0.15, -0.1) is 0 Å². The second kappa shape index (κ2) is 52.6. The summed E-state index contributed by atoms with van der Waals surface area (Å²) < 4.78 is 75.8. The molecule has 16 bridgehead atoms. The van der Waals surface area contributed by atoms with Crippen LogP contribution in [0.15, 0.2) is 121 Å². The second-order valence-electron chi connectivity index (χ2n) is 34.5. The molecule has 0 atom stereocenters. The van der Waals surface area contributed by atoms with Gasteiger partial charge in [0.1, 0.15) is 49.4 Å². The van der Waals surface area contributed by atoms with Crippen LogP contribution in [0.3, 0.4) is 0 Å². The number of benzene rings is 8. The smallest absolute Gasteiger partial charge is 0.492 e. The maximum absolute atomic E-state index is 6.52. The van der Waals surface area contributed by atoms with Crippen LogP contribution >= 0.6 is 0 Å². The van der Waals surface area contributed by atoms with E-state index in [2.05, 4.69) is 0 Å². The maximum atomic E-state index is 6.52. The summed E-state index contributed by atoms with van der Waals surface area (Å²) in [5, 5.41) is 5.33. The van der Waals surface area contributed by atoms with Gasteiger partial charge in [0.25, 0.3) is 0 Å². The largest absolute Gasteiger partial charge is 2.00 e. The van der Waals surface area contributed by atoms with E-state index in [0.717, 1.165) is 125 Å². The fraction of sp³-hybridized carbons (Fsp3) is 0.385. The van der Waals surface area contributed by atoms with Crippen molar-refractivity contribution in [3.05, 3.63) is 121 Å². The average molecular weight is 2090 g/mol. The number of hydrogen-bond acceptors (Lipinski definition) is 36. The van der Waals surface area contributed by atoms with Crippen molar-refractivity contribution in [2.75, 3.05) is 158 Å². The first kappa shape index (κ1) is 107. The van der Waals surface area contributed by atoms with Crippen molar-refractivity contribution < 1.29 is 91.0 Å². The van der Waals surface area contributed by atoms with Crippen LogP contribution in [0.5, 0.6) is 69.0 Å². The Morgan fingerprint density at radius 1 is 0.158 bits per heavy atom. The Hall–Kier alpha value is -13.4. The van der Waals surface area contributed by atoms with Crippen molar-refractivity contribution in [3.8, 4) is 160 Å². The zero-order valence-corrected chi connectivity index (χ0v) is 83.3. The summed E-state index contributed by atoms with van der Waals surface area (Å²) in [7, 11) is 0. The van der Waals surface area contributed by atoms with Gasteiger partial charge in [-0.05, 0) is 320 Å². The number of hydrogen-bond donors (Lipinski definition) is 12. The molecule has 24 N–H and O–H groups in total. The summed E-state index contributed by atoms with van der Waals surface area (Å²) in [5.74, 6) is 9.25. The quantitative estimate of drug-likeness (QED) is 0.0124. The first-order chi connectivity index (χ1) is 70.8. The first-order valence-electron chi connectivity index (χ1n) is 49.5. The third kappa shape index (κ3) is 25.3. The monoisotopic (exact) mass is 2080 g/mol. The number of aromatic nitrogens is 16. The summed E-state index contributed by atoms with van der Waals surface area (Å²) in [5.41, 5.74) is 78.5. The molecule has 42 heteroatoms. The zero-order chi connectivity index (χ0) is 99.6. The topological polar surface area (TPSA) is 634 Å². The van der Waals surface area contributed by atoms with Crippen molar-refractivity contribution in [1.29, 1.82) is 0 Å². The van der Waals surface area contributed by atoms with Gasteiger partial charge in [0.2, 0.25) is 0 Å². The molecule has 0 saturated carbocycles. The van der Waals surface area contributed by atoms with Crippen molar-refractivity contribution in [1.82, 2.24) is 79.7 Å². The summed E-state index contributed by atoms with van der Waals surface area (Å²) in [6.45, 7) is 10.2. The van der Waals surface area contributed by atoms with E-state index in [1.54, 1.807) is 0 Å². The standard InChI is InChI=1S/C64H88N16O8.C40H36N12O4.2Cu/c65-17-1-9-25-81-49-33-41-42(34-50(49)82-26-10-2-18-66)58-73-57(41)77-59-43-35-51(83-27-11-3-19-67)52(84-28-12-4-20-68)36-44(43)61(74-59)79-63-47-39-55(87-31-15-7-23-71)56(88-32-16-8-24-72)40-48(47)64(76-63)80-62-46-38-54(86-30-14-6-22-70)53(85-29-13-5-21-69)37-45(46)60(75-62)78-58;41-9-13-53-21-1-5-25-29(17-21)37-45-33(25)49-38-30-18-22(54-14-10-42)2-6-26(30)35(46-38)51-40-32-20-24(56-16-12-44)4-8-28(32)36(48-40)52-39-31-19-23(55-15-11-43)3-7-27(31)34(47-39)50-37;;/h33-40H,1-32,65-72H2;1-8,17-20H,9-16,41-44H2;;/q2*-2;2*+2. The van der Waals surface area contributed by atoms with E-state index in [4.69, 9.17) is 205 Å². The van der Waals surface area contributed by atoms with Gasteiger partial charge in [0, 0.05) is 116 Å². The third-order valence-electron chi connectivity index (χ3n) is 23.9. The molecule has 0 saturated heterocycles. The van der Waals surface area contributed by atoms with Crippen molar-refractivity contribution in [2.24, 2.45) is 68.8 Å². The summed E-state index contributed by atoms with van der Waals surface area (Å²) in [4.78, 5) is 82.5. The van der Waals surface area contributed by atoms with Crippen molar-refractivity contribution in [2.45, 2.75) is 103 Å². The molecule has 0 fully saturated rings. The Morgan fingerprint density at radius 2 is 0.336 bits per heavy atom. The molecule has 2 radical (unpaired) electrons. The van der Waals surface area contributed by atoms with E-state index in [1.807, 2.05) is 121 Å². The molecule has 146 heavy (non-hydrogen) atoms. The van der Waals surface area contributed by atoms with Crippen LogP contribution in [0, 0.1) is 0 Å². The number of ether oxygens (including phenoxy) is 12. The molecule has 8 aromatic carbocycles. The molecule has 14 aromatic rings. The molecule has 774 valence electrons. The van der Waals surface area contributed by atoms with Crippen LogP contribution in [0.1, 0.15) is 103 Å². The minimum atomic E-state index is 0. The molecule has 4 aliphatic rings. The minimum absolute atomic E-state index is 0. The minimum Gasteiger partial charge on any atom is -0.492 e. The number of nitrogens with zero attached hydrogens (tertiary/aromatic N) is 16. The molecule has 0 aliphatic carbocycles. The Kier molecular flexibility index (Phi) is 38.5. The van der Waals surface area contributed by atoms with Crippen molar-refractivity contribution in [3.63, 3.8) is 0 Å². The predicted octanol–water partition coefficient (Wildman–Crippen LogP) is 10.5. The molecule has 0 spiro atoms. The Morgan fingerprint density at radius 3 is 0.548 bits per heavy atom. The van der Waals surface area contributed by atoms with E-state index in [0.29, 0.717) is 384 Å². The van der Waals surface area contributed by atoms with E-state index in [9.17, 15) is 0 Å². The van der Waals surface area contributed by atoms with E-state index in [-0.39, 0.29) is 34.1 Å². The van der Waals surface area contributed by atoms with Crippen LogP contribution in [0.25, 0.3) is 179 Å². The first-order valence-corrected chi connectivity index (χ1v) is 49.5.